The van der Waals surface area contributed by atoms with Crippen molar-refractivity contribution in [1.29, 1.82) is 0 Å². The fourth-order valence-electron chi connectivity index (χ4n) is 1.82. The molecule has 1 aromatic carbocycles. The molecule has 0 saturated carbocycles. The number of methoxy groups -OCH3 is 1. The maximum atomic E-state index is 11.8. The molecule has 2 aromatic rings. The van der Waals surface area contributed by atoms with E-state index in [1.165, 1.54) is 30.0 Å². The summed E-state index contributed by atoms with van der Waals surface area (Å²) >= 11 is 1.96. The van der Waals surface area contributed by atoms with E-state index < -0.39 is 21.3 Å². The molecule has 1 heterocycles. The van der Waals surface area contributed by atoms with Crippen molar-refractivity contribution in [2.45, 2.75) is 0 Å². The molecule has 1 aromatic heterocycles. The third-order valence-corrected chi connectivity index (χ3v) is 4.02. The Bertz CT molecular complexity index is 933. The van der Waals surface area contributed by atoms with E-state index >= 15 is 0 Å². The first-order valence-electron chi connectivity index (χ1n) is 5.89. The standard InChI is InChI=1S/C12H12IN3O5S/c1-21-11-8(13)5-7(6-9(11)15-22(2,19)20)16-4-3-10(17)14-12(16)18/h3-6,15H,1-2H3,(H,14,17,18). The minimum Gasteiger partial charge on any atom is -0.493 e. The van der Waals surface area contributed by atoms with Gasteiger partial charge in [0.25, 0.3) is 5.56 Å². The summed E-state index contributed by atoms with van der Waals surface area (Å²) in [5, 5.41) is 0. The molecule has 118 valence electrons. The summed E-state index contributed by atoms with van der Waals surface area (Å²) in [4.78, 5) is 25.1. The van der Waals surface area contributed by atoms with Crippen molar-refractivity contribution in [3.05, 3.63) is 48.8 Å². The maximum Gasteiger partial charge on any atom is 0.332 e. The number of rotatable bonds is 4. The summed E-state index contributed by atoms with van der Waals surface area (Å²) in [6, 6.07) is 4.27. The second kappa shape index (κ2) is 6.12. The zero-order valence-electron chi connectivity index (χ0n) is 11.6. The van der Waals surface area contributed by atoms with E-state index in [1.807, 2.05) is 22.6 Å². The summed E-state index contributed by atoms with van der Waals surface area (Å²) in [5.74, 6) is 0.340. The first-order valence-corrected chi connectivity index (χ1v) is 8.86. The van der Waals surface area contributed by atoms with Crippen molar-refractivity contribution in [3.63, 3.8) is 0 Å². The molecule has 2 rings (SSSR count). The first kappa shape index (κ1) is 16.5. The number of hydrogen-bond acceptors (Lipinski definition) is 5. The zero-order valence-corrected chi connectivity index (χ0v) is 14.6. The lowest BCUT2D eigenvalue weighted by Crippen LogP contribution is -2.27. The van der Waals surface area contributed by atoms with Crippen LogP contribution in [0, 0.1) is 3.57 Å². The van der Waals surface area contributed by atoms with Gasteiger partial charge in [0, 0.05) is 12.3 Å². The number of aromatic nitrogens is 2. The number of anilines is 1. The van der Waals surface area contributed by atoms with Crippen LogP contribution >= 0.6 is 22.6 Å². The van der Waals surface area contributed by atoms with Crippen LogP contribution in [0.15, 0.2) is 34.0 Å². The molecule has 0 aliphatic rings. The molecule has 0 fully saturated rings. The molecule has 0 unspecified atom stereocenters. The number of aromatic amines is 1. The number of ether oxygens (including phenoxy) is 1. The van der Waals surface area contributed by atoms with Gasteiger partial charge in [0.1, 0.15) is 0 Å². The molecular weight excluding hydrogens is 425 g/mol. The minimum atomic E-state index is -3.52. The van der Waals surface area contributed by atoms with Crippen LogP contribution in [0.3, 0.4) is 0 Å². The number of nitrogens with one attached hydrogen (secondary N) is 2. The summed E-state index contributed by atoms with van der Waals surface area (Å²) in [6.07, 6.45) is 2.32. The van der Waals surface area contributed by atoms with Gasteiger partial charge in [-0.3, -0.25) is 19.1 Å². The van der Waals surface area contributed by atoms with E-state index in [0.717, 1.165) is 6.26 Å². The molecular formula is C12H12IN3O5S. The van der Waals surface area contributed by atoms with Gasteiger partial charge in [-0.15, -0.1) is 0 Å². The van der Waals surface area contributed by atoms with Crippen LogP contribution in [0.4, 0.5) is 5.69 Å². The molecule has 0 amide bonds. The second-order valence-electron chi connectivity index (χ2n) is 4.36. The Labute approximate surface area is 139 Å². The highest BCUT2D eigenvalue weighted by Gasteiger charge is 2.14. The number of sulfonamides is 1. The van der Waals surface area contributed by atoms with Crippen LogP contribution in [-0.2, 0) is 10.0 Å². The van der Waals surface area contributed by atoms with Gasteiger partial charge in [0.15, 0.2) is 5.75 Å². The Balaban J connectivity index is 2.68. The Morgan fingerprint density at radius 3 is 2.55 bits per heavy atom. The average Bonchev–Trinajstić information content (AvgIpc) is 2.36. The lowest BCUT2D eigenvalue weighted by molar-refractivity contribution is 0.414. The summed E-state index contributed by atoms with van der Waals surface area (Å²) in [7, 11) is -2.11. The molecule has 0 aliphatic heterocycles. The van der Waals surface area contributed by atoms with Crippen LogP contribution in [-0.4, -0.2) is 31.3 Å². The largest absolute Gasteiger partial charge is 0.493 e. The van der Waals surface area contributed by atoms with Crippen LogP contribution < -0.4 is 20.7 Å². The summed E-state index contributed by atoms with van der Waals surface area (Å²) in [6.45, 7) is 0. The number of H-pyrrole nitrogens is 1. The van der Waals surface area contributed by atoms with Gasteiger partial charge in [0.05, 0.1) is 28.3 Å². The Kier molecular flexibility index (Phi) is 4.60. The molecule has 10 heteroatoms. The maximum absolute atomic E-state index is 11.8. The monoisotopic (exact) mass is 437 g/mol. The lowest BCUT2D eigenvalue weighted by atomic mass is 10.2. The van der Waals surface area contributed by atoms with Crippen LogP contribution in [0.25, 0.3) is 5.69 Å². The van der Waals surface area contributed by atoms with Gasteiger partial charge in [0.2, 0.25) is 10.0 Å². The van der Waals surface area contributed by atoms with Crippen molar-refractivity contribution < 1.29 is 13.2 Å². The molecule has 0 bridgehead atoms. The van der Waals surface area contributed by atoms with Crippen LogP contribution in [0.5, 0.6) is 5.75 Å². The van der Waals surface area contributed by atoms with Crippen molar-refractivity contribution in [2.75, 3.05) is 18.1 Å². The van der Waals surface area contributed by atoms with E-state index in [9.17, 15) is 18.0 Å². The van der Waals surface area contributed by atoms with E-state index in [-0.39, 0.29) is 5.69 Å². The Morgan fingerprint density at radius 2 is 2.00 bits per heavy atom. The highest BCUT2D eigenvalue weighted by molar-refractivity contribution is 14.1. The van der Waals surface area contributed by atoms with Crippen molar-refractivity contribution in [3.8, 4) is 11.4 Å². The third kappa shape index (κ3) is 3.68. The number of hydrogen-bond donors (Lipinski definition) is 2. The van der Waals surface area contributed by atoms with E-state index in [0.29, 0.717) is 15.0 Å². The quantitative estimate of drug-likeness (QED) is 0.678. The van der Waals surface area contributed by atoms with E-state index in [2.05, 4.69) is 9.71 Å². The molecule has 0 aliphatic carbocycles. The summed E-state index contributed by atoms with van der Waals surface area (Å²) < 4.78 is 32.2. The fourth-order valence-corrected chi connectivity index (χ4v) is 3.20. The zero-order chi connectivity index (χ0) is 16.5. The highest BCUT2D eigenvalue weighted by atomic mass is 127. The third-order valence-electron chi connectivity index (χ3n) is 2.63. The molecule has 22 heavy (non-hydrogen) atoms. The molecule has 0 saturated heterocycles. The Morgan fingerprint density at radius 1 is 1.32 bits per heavy atom. The van der Waals surface area contributed by atoms with Gasteiger partial charge in [-0.1, -0.05) is 0 Å². The second-order valence-corrected chi connectivity index (χ2v) is 7.27. The SMILES string of the molecule is COc1c(I)cc(-n2ccc(=O)[nH]c2=O)cc1NS(C)(=O)=O. The van der Waals surface area contributed by atoms with E-state index in [4.69, 9.17) is 4.74 Å². The number of nitrogens with zero attached hydrogens (tertiary/aromatic N) is 1. The Hall–Kier alpha value is -1.82. The van der Waals surface area contributed by atoms with Gasteiger partial charge >= 0.3 is 5.69 Å². The van der Waals surface area contributed by atoms with Crippen LogP contribution in [0.1, 0.15) is 0 Å². The number of halogens is 1. The first-order chi connectivity index (χ1) is 10.2. The van der Waals surface area contributed by atoms with Gasteiger partial charge in [-0.05, 0) is 34.7 Å². The van der Waals surface area contributed by atoms with Crippen molar-refractivity contribution in [1.82, 2.24) is 9.55 Å². The smallest absolute Gasteiger partial charge is 0.332 e. The van der Waals surface area contributed by atoms with Gasteiger partial charge < -0.3 is 4.74 Å². The summed E-state index contributed by atoms with van der Waals surface area (Å²) in [5.41, 5.74) is -0.555. The number of benzene rings is 1. The van der Waals surface area contributed by atoms with E-state index in [1.54, 1.807) is 6.07 Å². The predicted molar refractivity (Wildman–Crippen MR) is 90.4 cm³/mol. The van der Waals surface area contributed by atoms with Gasteiger partial charge in [-0.25, -0.2) is 13.2 Å². The minimum absolute atomic E-state index is 0.199. The molecule has 0 atom stereocenters. The topological polar surface area (TPSA) is 110 Å². The molecule has 0 radical (unpaired) electrons. The van der Waals surface area contributed by atoms with Crippen molar-refractivity contribution in [2.24, 2.45) is 0 Å². The average molecular weight is 437 g/mol. The van der Waals surface area contributed by atoms with Gasteiger partial charge in [-0.2, -0.15) is 0 Å². The molecule has 0 spiro atoms. The van der Waals surface area contributed by atoms with Crippen molar-refractivity contribution >= 4 is 38.3 Å². The lowest BCUT2D eigenvalue weighted by Gasteiger charge is -2.14. The molecule has 2 N–H and O–H groups in total. The predicted octanol–water partition coefficient (Wildman–Crippen LogP) is 0.510. The normalized spacial score (nSPS) is 11.2. The highest BCUT2D eigenvalue weighted by Crippen LogP contribution is 2.33. The molecule has 8 nitrogen and oxygen atoms in total. The van der Waals surface area contributed by atoms with Crippen LogP contribution in [0.2, 0.25) is 0 Å². The fraction of sp³-hybridized carbons (Fsp3) is 0.167.